The van der Waals surface area contributed by atoms with Crippen molar-refractivity contribution in [2.24, 2.45) is 0 Å². The fourth-order valence-electron chi connectivity index (χ4n) is 3.89. The minimum absolute atomic E-state index is 0.0294. The van der Waals surface area contributed by atoms with Crippen molar-refractivity contribution in [1.29, 1.82) is 0 Å². The Morgan fingerprint density at radius 1 is 1.09 bits per heavy atom. The van der Waals surface area contributed by atoms with Gasteiger partial charge >= 0.3 is 0 Å². The molecule has 2 rings (SSSR count). The van der Waals surface area contributed by atoms with E-state index in [1.165, 1.54) is 0 Å². The van der Waals surface area contributed by atoms with Crippen LogP contribution in [0.5, 0.6) is 5.75 Å². The van der Waals surface area contributed by atoms with Crippen molar-refractivity contribution in [1.82, 2.24) is 0 Å². The molecule has 124 valence electrons. The van der Waals surface area contributed by atoms with Crippen molar-refractivity contribution in [3.8, 4) is 5.75 Å². The maximum absolute atomic E-state index is 9.16. The van der Waals surface area contributed by atoms with Crippen LogP contribution in [0.1, 0.15) is 53.2 Å². The zero-order valence-corrected chi connectivity index (χ0v) is 15.7. The van der Waals surface area contributed by atoms with Crippen molar-refractivity contribution in [2.75, 3.05) is 6.61 Å². The first kappa shape index (κ1) is 17.5. The van der Waals surface area contributed by atoms with E-state index in [4.69, 9.17) is 14.3 Å². The number of hydrogen-bond donors (Lipinski definition) is 1. The molecule has 3 nitrogen and oxygen atoms in total. The minimum atomic E-state index is -1.92. The molecule has 0 aliphatic carbocycles. The monoisotopic (exact) mass is 322 g/mol. The summed E-state index contributed by atoms with van der Waals surface area (Å²) in [5, 5.41) is 9.16. The van der Waals surface area contributed by atoms with Crippen molar-refractivity contribution in [3.63, 3.8) is 0 Å². The molecule has 1 heterocycles. The zero-order chi connectivity index (χ0) is 16.5. The van der Waals surface area contributed by atoms with E-state index < -0.39 is 8.32 Å². The molecule has 1 saturated heterocycles. The summed E-state index contributed by atoms with van der Waals surface area (Å²) in [6.45, 7) is 13.8. The average molecular weight is 323 g/mol. The Labute approximate surface area is 135 Å². The van der Waals surface area contributed by atoms with Gasteiger partial charge in [0, 0.05) is 0 Å². The maximum Gasteiger partial charge on any atom is 0.258 e. The van der Waals surface area contributed by atoms with Gasteiger partial charge in [0.2, 0.25) is 0 Å². The lowest BCUT2D eigenvalue weighted by atomic mass is 10.1. The summed E-state index contributed by atoms with van der Waals surface area (Å²) < 4.78 is 12.2. The molecule has 0 amide bonds. The third kappa shape index (κ3) is 3.24. The summed E-state index contributed by atoms with van der Waals surface area (Å²) in [6, 6.07) is 8.22. The van der Waals surface area contributed by atoms with E-state index in [9.17, 15) is 0 Å². The lowest BCUT2D eigenvalue weighted by Gasteiger charge is -2.42. The van der Waals surface area contributed by atoms with E-state index in [-0.39, 0.29) is 18.8 Å². The van der Waals surface area contributed by atoms with Crippen molar-refractivity contribution >= 4 is 8.32 Å². The number of rotatable bonds is 7. The highest BCUT2D eigenvalue weighted by atomic mass is 28.4. The van der Waals surface area contributed by atoms with Crippen LogP contribution < -0.4 is 4.43 Å². The number of aliphatic hydroxyl groups is 1. The van der Waals surface area contributed by atoms with E-state index in [1.807, 2.05) is 6.07 Å². The summed E-state index contributed by atoms with van der Waals surface area (Å²) in [5.74, 6) is 0.951. The molecule has 2 atom stereocenters. The predicted molar refractivity (Wildman–Crippen MR) is 92.8 cm³/mol. The molecule has 0 unspecified atom stereocenters. The smallest absolute Gasteiger partial charge is 0.258 e. The number of benzene rings is 1. The molecular formula is C18H30O3Si. The van der Waals surface area contributed by atoms with Crippen LogP contribution in [0, 0.1) is 0 Å². The highest BCUT2D eigenvalue weighted by Gasteiger charge is 2.47. The fraction of sp³-hybridized carbons (Fsp3) is 0.667. The summed E-state index contributed by atoms with van der Waals surface area (Å²) in [7, 11) is -1.92. The molecule has 0 spiro atoms. The van der Waals surface area contributed by atoms with E-state index in [1.54, 1.807) is 0 Å². The third-order valence-electron chi connectivity index (χ3n) is 4.95. The summed E-state index contributed by atoms with van der Waals surface area (Å²) in [5.41, 5.74) is 2.77. The Balaban J connectivity index is 2.25. The Bertz CT molecular complexity index is 477. The molecule has 0 radical (unpaired) electrons. The number of ether oxygens (including phenoxy) is 1. The molecule has 1 aromatic carbocycles. The van der Waals surface area contributed by atoms with Gasteiger partial charge in [-0.15, -0.1) is 0 Å². The quantitative estimate of drug-likeness (QED) is 0.586. The molecule has 1 aromatic rings. The average Bonchev–Trinajstić information content (AvgIpc) is 3.23. The second kappa shape index (κ2) is 6.73. The van der Waals surface area contributed by atoms with Crippen LogP contribution >= 0.6 is 0 Å². The summed E-state index contributed by atoms with van der Waals surface area (Å²) >= 11 is 0. The van der Waals surface area contributed by atoms with Gasteiger partial charge in [-0.2, -0.15) is 0 Å². The van der Waals surface area contributed by atoms with Crippen LogP contribution in [0.25, 0.3) is 0 Å². The molecule has 1 fully saturated rings. The zero-order valence-electron chi connectivity index (χ0n) is 14.7. The molecule has 1 aliphatic heterocycles. The second-order valence-corrected chi connectivity index (χ2v) is 12.6. The third-order valence-corrected chi connectivity index (χ3v) is 11.0. The Morgan fingerprint density at radius 2 is 1.68 bits per heavy atom. The standard InChI is InChI=1S/C18H30O3Si/c1-12(2)22(13(3)4,14(5)6)21-16-9-7-8-15(10-16)18-17(11-19)20-18/h7-10,12-14,17-19H,11H2,1-6H3/t17-,18-/m0/s1. The molecule has 22 heavy (non-hydrogen) atoms. The van der Waals surface area contributed by atoms with Crippen LogP contribution in [0.4, 0.5) is 0 Å². The van der Waals surface area contributed by atoms with Gasteiger partial charge in [0.1, 0.15) is 18.0 Å². The van der Waals surface area contributed by atoms with Gasteiger partial charge in [0.15, 0.2) is 0 Å². The molecule has 1 aliphatic rings. The van der Waals surface area contributed by atoms with Crippen molar-refractivity contribution in [3.05, 3.63) is 29.8 Å². The lowest BCUT2D eigenvalue weighted by molar-refractivity contribution is 0.242. The first-order valence-corrected chi connectivity index (χ1v) is 10.5. The maximum atomic E-state index is 9.16. The predicted octanol–water partition coefficient (Wildman–Crippen LogP) is 4.67. The van der Waals surface area contributed by atoms with Gasteiger partial charge < -0.3 is 14.3 Å². The highest BCUT2D eigenvalue weighted by Crippen LogP contribution is 2.44. The SMILES string of the molecule is CC(C)[Si](Oc1cccc([C@@H]2O[C@H]2CO)c1)(C(C)C)C(C)C. The first-order valence-electron chi connectivity index (χ1n) is 8.38. The van der Waals surface area contributed by atoms with Gasteiger partial charge in [-0.25, -0.2) is 0 Å². The van der Waals surface area contributed by atoms with E-state index in [0.717, 1.165) is 11.3 Å². The van der Waals surface area contributed by atoms with Gasteiger partial charge in [-0.05, 0) is 34.3 Å². The Morgan fingerprint density at radius 3 is 2.14 bits per heavy atom. The molecule has 4 heteroatoms. The molecular weight excluding hydrogens is 292 g/mol. The highest BCUT2D eigenvalue weighted by molar-refractivity contribution is 6.78. The summed E-state index contributed by atoms with van der Waals surface area (Å²) in [4.78, 5) is 0. The molecule has 0 bridgehead atoms. The van der Waals surface area contributed by atoms with Gasteiger partial charge in [-0.3, -0.25) is 0 Å². The van der Waals surface area contributed by atoms with E-state index in [2.05, 4.69) is 59.7 Å². The van der Waals surface area contributed by atoms with Crippen LogP contribution in [0.15, 0.2) is 24.3 Å². The van der Waals surface area contributed by atoms with Gasteiger partial charge in [0.05, 0.1) is 6.61 Å². The molecule has 0 aromatic heterocycles. The second-order valence-electron chi connectivity index (χ2n) is 7.27. The topological polar surface area (TPSA) is 42.0 Å². The summed E-state index contributed by atoms with van der Waals surface area (Å²) in [6.07, 6.45) is -0.0145. The van der Waals surface area contributed by atoms with Crippen LogP contribution in [-0.2, 0) is 4.74 Å². The first-order chi connectivity index (χ1) is 10.3. The number of epoxide rings is 1. The van der Waals surface area contributed by atoms with Gasteiger partial charge in [0.25, 0.3) is 8.32 Å². The normalized spacial score (nSPS) is 21.7. The van der Waals surface area contributed by atoms with E-state index >= 15 is 0 Å². The van der Waals surface area contributed by atoms with Crippen molar-refractivity contribution in [2.45, 2.75) is 70.4 Å². The number of aliphatic hydroxyl groups excluding tert-OH is 1. The largest absolute Gasteiger partial charge is 0.543 e. The molecule has 1 N–H and O–H groups in total. The Hall–Kier alpha value is -0.843. The van der Waals surface area contributed by atoms with Crippen molar-refractivity contribution < 1.29 is 14.3 Å². The van der Waals surface area contributed by atoms with Crippen LogP contribution in [0.3, 0.4) is 0 Å². The molecule has 0 saturated carbocycles. The number of hydrogen-bond acceptors (Lipinski definition) is 3. The van der Waals surface area contributed by atoms with Crippen LogP contribution in [-0.4, -0.2) is 26.1 Å². The van der Waals surface area contributed by atoms with Gasteiger partial charge in [-0.1, -0.05) is 53.7 Å². The minimum Gasteiger partial charge on any atom is -0.543 e. The Kier molecular flexibility index (Phi) is 5.36. The van der Waals surface area contributed by atoms with E-state index in [0.29, 0.717) is 16.6 Å². The fourth-order valence-corrected chi connectivity index (χ4v) is 9.13. The lowest BCUT2D eigenvalue weighted by Crippen LogP contribution is -2.50. The van der Waals surface area contributed by atoms with Crippen LogP contribution in [0.2, 0.25) is 16.6 Å².